The molecule has 1 amide bonds. The molecule has 2 rings (SSSR count). The topological polar surface area (TPSA) is 50.4 Å². The molecule has 0 radical (unpaired) electrons. The highest BCUT2D eigenvalue weighted by Crippen LogP contribution is 2.22. The lowest BCUT2D eigenvalue weighted by atomic mass is 9.88. The van der Waals surface area contributed by atoms with Crippen LogP contribution in [-0.4, -0.2) is 18.6 Å². The summed E-state index contributed by atoms with van der Waals surface area (Å²) in [6, 6.07) is 14.1. The van der Waals surface area contributed by atoms with Gasteiger partial charge in [-0.15, -0.1) is 0 Å². The van der Waals surface area contributed by atoms with Gasteiger partial charge in [0.25, 0.3) is 5.91 Å². The molecule has 2 aromatic rings. The molecule has 0 aromatic heterocycles. The third kappa shape index (κ3) is 6.40. The number of aryl methyl sites for hydroxylation is 2. The zero-order valence-corrected chi connectivity index (χ0v) is 17.3. The van der Waals surface area contributed by atoms with E-state index in [-0.39, 0.29) is 17.9 Å². The first-order chi connectivity index (χ1) is 12.7. The van der Waals surface area contributed by atoms with Crippen LogP contribution in [0.3, 0.4) is 0 Å². The zero-order valence-electron chi connectivity index (χ0n) is 17.3. The fourth-order valence-corrected chi connectivity index (χ4v) is 2.52. The van der Waals surface area contributed by atoms with Crippen molar-refractivity contribution in [2.24, 2.45) is 5.41 Å². The van der Waals surface area contributed by atoms with Crippen LogP contribution < -0.4 is 15.4 Å². The Balaban J connectivity index is 1.93. The third-order valence-electron chi connectivity index (χ3n) is 5.02. The first kappa shape index (κ1) is 21.0. The number of benzene rings is 2. The van der Waals surface area contributed by atoms with Gasteiger partial charge in [-0.1, -0.05) is 45.0 Å². The van der Waals surface area contributed by atoms with Crippen molar-refractivity contribution in [2.75, 3.05) is 11.9 Å². The maximum absolute atomic E-state index is 12.2. The van der Waals surface area contributed by atoms with Gasteiger partial charge in [-0.2, -0.15) is 0 Å². The maximum atomic E-state index is 12.2. The van der Waals surface area contributed by atoms with E-state index in [1.54, 1.807) is 0 Å². The summed E-state index contributed by atoms with van der Waals surface area (Å²) in [6.45, 7) is 13.6. The highest BCUT2D eigenvalue weighted by Gasteiger charge is 2.19. The van der Waals surface area contributed by atoms with Crippen molar-refractivity contribution < 1.29 is 9.53 Å². The van der Waals surface area contributed by atoms with Gasteiger partial charge in [0.1, 0.15) is 5.75 Å². The number of hydrogen-bond donors (Lipinski definition) is 2. The van der Waals surface area contributed by atoms with Crippen LogP contribution in [0.2, 0.25) is 0 Å². The first-order valence-electron chi connectivity index (χ1n) is 9.48. The average molecular weight is 369 g/mol. The molecule has 0 saturated heterocycles. The van der Waals surface area contributed by atoms with Crippen LogP contribution in [0.15, 0.2) is 42.5 Å². The average Bonchev–Trinajstić information content (AvgIpc) is 2.61. The second-order valence-corrected chi connectivity index (χ2v) is 8.21. The standard InChI is InChI=1S/C23H32N2O2/c1-16-11-12-20(13-17(16)2)25-22(26)15-27-21-10-8-7-9-19(21)14-24-18(3)23(4,5)6/h7-13,18,24H,14-15H2,1-6H3,(H,25,26)/t18-/m0/s1. The minimum absolute atomic E-state index is 0.0151. The van der Waals surface area contributed by atoms with Crippen LogP contribution >= 0.6 is 0 Å². The Morgan fingerprint density at radius 2 is 1.78 bits per heavy atom. The summed E-state index contributed by atoms with van der Waals surface area (Å²) in [4.78, 5) is 12.2. The van der Waals surface area contributed by atoms with E-state index in [0.717, 1.165) is 22.6 Å². The van der Waals surface area contributed by atoms with Crippen molar-refractivity contribution >= 4 is 11.6 Å². The molecular weight excluding hydrogens is 336 g/mol. The van der Waals surface area contributed by atoms with Crippen molar-refractivity contribution in [1.29, 1.82) is 0 Å². The SMILES string of the molecule is Cc1ccc(NC(=O)COc2ccccc2CN[C@@H](C)C(C)(C)C)cc1C. The number of anilines is 1. The summed E-state index contributed by atoms with van der Waals surface area (Å²) in [6.07, 6.45) is 0. The van der Waals surface area contributed by atoms with Crippen LogP contribution in [-0.2, 0) is 11.3 Å². The van der Waals surface area contributed by atoms with Crippen LogP contribution in [0.1, 0.15) is 44.4 Å². The summed E-state index contributed by atoms with van der Waals surface area (Å²) in [5, 5.41) is 6.43. The van der Waals surface area contributed by atoms with E-state index >= 15 is 0 Å². The molecule has 2 aromatic carbocycles. The quantitative estimate of drug-likeness (QED) is 0.735. The van der Waals surface area contributed by atoms with E-state index in [4.69, 9.17) is 4.74 Å². The molecule has 0 unspecified atom stereocenters. The molecule has 27 heavy (non-hydrogen) atoms. The fraction of sp³-hybridized carbons (Fsp3) is 0.435. The molecule has 0 fully saturated rings. The Kier molecular flexibility index (Phi) is 7.03. The predicted octanol–water partition coefficient (Wildman–Crippen LogP) is 4.85. The van der Waals surface area contributed by atoms with E-state index < -0.39 is 0 Å². The number of rotatable bonds is 7. The largest absolute Gasteiger partial charge is 0.483 e. The Morgan fingerprint density at radius 1 is 1.07 bits per heavy atom. The Labute approximate surface area is 163 Å². The third-order valence-corrected chi connectivity index (χ3v) is 5.02. The summed E-state index contributed by atoms with van der Waals surface area (Å²) >= 11 is 0. The van der Waals surface area contributed by atoms with Gasteiger partial charge in [-0.05, 0) is 55.5 Å². The number of carbonyl (C=O) groups excluding carboxylic acids is 1. The summed E-state index contributed by atoms with van der Waals surface area (Å²) in [5.41, 5.74) is 4.38. The van der Waals surface area contributed by atoms with Crippen molar-refractivity contribution in [2.45, 2.75) is 54.1 Å². The number of amides is 1. The minimum atomic E-state index is -0.163. The number of para-hydroxylation sites is 1. The Bertz CT molecular complexity index is 778. The minimum Gasteiger partial charge on any atom is -0.483 e. The Morgan fingerprint density at radius 3 is 2.44 bits per heavy atom. The Hall–Kier alpha value is -2.33. The second kappa shape index (κ2) is 9.05. The molecule has 0 heterocycles. The van der Waals surface area contributed by atoms with Gasteiger partial charge in [0, 0.05) is 23.8 Å². The molecular formula is C23H32N2O2. The van der Waals surface area contributed by atoms with Gasteiger partial charge >= 0.3 is 0 Å². The highest BCUT2D eigenvalue weighted by molar-refractivity contribution is 5.92. The van der Waals surface area contributed by atoms with Crippen molar-refractivity contribution in [3.8, 4) is 5.75 Å². The highest BCUT2D eigenvalue weighted by atomic mass is 16.5. The molecule has 0 aliphatic heterocycles. The normalized spacial score (nSPS) is 12.5. The molecule has 4 nitrogen and oxygen atoms in total. The van der Waals surface area contributed by atoms with E-state index in [1.165, 1.54) is 5.56 Å². The van der Waals surface area contributed by atoms with E-state index in [2.05, 4.69) is 45.3 Å². The number of ether oxygens (including phenoxy) is 1. The van der Waals surface area contributed by atoms with Crippen LogP contribution in [0.5, 0.6) is 5.75 Å². The van der Waals surface area contributed by atoms with E-state index in [1.807, 2.05) is 49.4 Å². The van der Waals surface area contributed by atoms with Crippen LogP contribution in [0.25, 0.3) is 0 Å². The van der Waals surface area contributed by atoms with Gasteiger partial charge in [0.05, 0.1) is 0 Å². The van der Waals surface area contributed by atoms with Gasteiger partial charge in [0.2, 0.25) is 0 Å². The molecule has 2 N–H and O–H groups in total. The molecule has 4 heteroatoms. The molecule has 0 bridgehead atoms. The summed E-state index contributed by atoms with van der Waals surface area (Å²) < 4.78 is 5.79. The van der Waals surface area contributed by atoms with Gasteiger partial charge in [0.15, 0.2) is 6.61 Å². The summed E-state index contributed by atoms with van der Waals surface area (Å²) in [5.74, 6) is 0.574. The van der Waals surface area contributed by atoms with E-state index in [9.17, 15) is 4.79 Å². The smallest absolute Gasteiger partial charge is 0.262 e. The van der Waals surface area contributed by atoms with E-state index in [0.29, 0.717) is 12.6 Å². The lowest BCUT2D eigenvalue weighted by Crippen LogP contribution is -2.37. The van der Waals surface area contributed by atoms with Crippen molar-refractivity contribution in [3.05, 3.63) is 59.2 Å². The predicted molar refractivity (Wildman–Crippen MR) is 112 cm³/mol. The van der Waals surface area contributed by atoms with Gasteiger partial charge in [-0.3, -0.25) is 4.79 Å². The van der Waals surface area contributed by atoms with Crippen molar-refractivity contribution in [1.82, 2.24) is 5.32 Å². The first-order valence-corrected chi connectivity index (χ1v) is 9.48. The molecule has 0 spiro atoms. The lowest BCUT2D eigenvalue weighted by Gasteiger charge is -2.28. The van der Waals surface area contributed by atoms with Crippen LogP contribution in [0, 0.1) is 19.3 Å². The molecule has 0 aliphatic carbocycles. The number of carbonyl (C=O) groups is 1. The monoisotopic (exact) mass is 368 g/mol. The van der Waals surface area contributed by atoms with Gasteiger partial charge in [-0.25, -0.2) is 0 Å². The van der Waals surface area contributed by atoms with Crippen LogP contribution in [0.4, 0.5) is 5.69 Å². The lowest BCUT2D eigenvalue weighted by molar-refractivity contribution is -0.118. The van der Waals surface area contributed by atoms with Gasteiger partial charge < -0.3 is 15.4 Å². The molecule has 146 valence electrons. The molecule has 1 atom stereocenters. The second-order valence-electron chi connectivity index (χ2n) is 8.21. The maximum Gasteiger partial charge on any atom is 0.262 e. The number of hydrogen-bond acceptors (Lipinski definition) is 3. The molecule has 0 aliphatic rings. The van der Waals surface area contributed by atoms with Crippen molar-refractivity contribution in [3.63, 3.8) is 0 Å². The number of nitrogens with one attached hydrogen (secondary N) is 2. The fourth-order valence-electron chi connectivity index (χ4n) is 2.52. The summed E-state index contributed by atoms with van der Waals surface area (Å²) in [7, 11) is 0. The zero-order chi connectivity index (χ0) is 20.0. The molecule has 0 saturated carbocycles.